The van der Waals surface area contributed by atoms with Crippen molar-refractivity contribution in [3.63, 3.8) is 0 Å². The Kier molecular flexibility index (Phi) is 5.29. The number of aromatic nitrogens is 1. The molecule has 2 heterocycles. The molecular formula is C22H22N4O3. The van der Waals surface area contributed by atoms with Gasteiger partial charge in [0.05, 0.1) is 0 Å². The predicted octanol–water partition coefficient (Wildman–Crippen LogP) is 3.90. The molecule has 1 aromatic heterocycles. The van der Waals surface area contributed by atoms with Crippen LogP contribution in [0.3, 0.4) is 0 Å². The third kappa shape index (κ3) is 4.29. The first-order valence-corrected chi connectivity index (χ1v) is 9.56. The van der Waals surface area contributed by atoms with Crippen molar-refractivity contribution in [3.05, 3.63) is 72.0 Å². The van der Waals surface area contributed by atoms with Crippen molar-refractivity contribution < 1.29 is 14.1 Å². The summed E-state index contributed by atoms with van der Waals surface area (Å²) < 4.78 is 5.03. The van der Waals surface area contributed by atoms with Crippen molar-refractivity contribution in [1.29, 1.82) is 0 Å². The minimum Gasteiger partial charge on any atom is -0.370 e. The fourth-order valence-electron chi connectivity index (χ4n) is 3.42. The molecule has 3 aromatic rings. The third-order valence-corrected chi connectivity index (χ3v) is 4.82. The van der Waals surface area contributed by atoms with Gasteiger partial charge in [-0.15, -0.1) is 0 Å². The van der Waals surface area contributed by atoms with Gasteiger partial charge >= 0.3 is 0 Å². The Labute approximate surface area is 168 Å². The van der Waals surface area contributed by atoms with Gasteiger partial charge in [-0.05, 0) is 37.1 Å². The molecule has 2 N–H and O–H groups in total. The normalized spacial score (nSPS) is 14.7. The van der Waals surface area contributed by atoms with Gasteiger partial charge in [0.25, 0.3) is 5.91 Å². The Morgan fingerprint density at radius 3 is 2.66 bits per heavy atom. The van der Waals surface area contributed by atoms with Crippen molar-refractivity contribution in [2.45, 2.75) is 25.8 Å². The SMILES string of the molecule is Cc1cc(NC(=O)C(Nc2cccc(N3CCCC3=O)c2)c2ccccc2)no1. The van der Waals surface area contributed by atoms with Crippen LogP contribution < -0.4 is 15.5 Å². The van der Waals surface area contributed by atoms with Crippen LogP contribution in [-0.2, 0) is 9.59 Å². The molecule has 2 amide bonds. The Bertz CT molecular complexity index is 1020. The van der Waals surface area contributed by atoms with E-state index in [1.165, 1.54) is 0 Å². The lowest BCUT2D eigenvalue weighted by molar-refractivity contribution is -0.117. The first-order valence-electron chi connectivity index (χ1n) is 9.56. The molecule has 7 nitrogen and oxygen atoms in total. The quantitative estimate of drug-likeness (QED) is 0.666. The largest absolute Gasteiger partial charge is 0.370 e. The fraction of sp³-hybridized carbons (Fsp3) is 0.227. The van der Waals surface area contributed by atoms with E-state index in [1.807, 2.05) is 54.6 Å². The van der Waals surface area contributed by atoms with Gasteiger partial charge in [0.1, 0.15) is 11.8 Å². The molecule has 0 bridgehead atoms. The number of nitrogens with zero attached hydrogens (tertiary/aromatic N) is 2. The first kappa shape index (κ1) is 18.7. The van der Waals surface area contributed by atoms with Gasteiger partial charge in [0, 0.05) is 30.4 Å². The van der Waals surface area contributed by atoms with Crippen molar-refractivity contribution in [3.8, 4) is 0 Å². The van der Waals surface area contributed by atoms with Crippen LogP contribution in [0.2, 0.25) is 0 Å². The van der Waals surface area contributed by atoms with E-state index in [9.17, 15) is 9.59 Å². The van der Waals surface area contributed by atoms with E-state index < -0.39 is 6.04 Å². The summed E-state index contributed by atoms with van der Waals surface area (Å²) in [4.78, 5) is 26.8. The van der Waals surface area contributed by atoms with Crippen molar-refractivity contribution in [1.82, 2.24) is 5.16 Å². The van der Waals surface area contributed by atoms with Crippen LogP contribution in [0, 0.1) is 6.92 Å². The Balaban J connectivity index is 1.58. The lowest BCUT2D eigenvalue weighted by Gasteiger charge is -2.21. The van der Waals surface area contributed by atoms with Gasteiger partial charge in [-0.3, -0.25) is 9.59 Å². The van der Waals surface area contributed by atoms with E-state index in [1.54, 1.807) is 17.9 Å². The monoisotopic (exact) mass is 390 g/mol. The fourth-order valence-corrected chi connectivity index (χ4v) is 3.42. The molecule has 0 spiro atoms. The number of hydrogen-bond acceptors (Lipinski definition) is 5. The molecule has 1 saturated heterocycles. The highest BCUT2D eigenvalue weighted by atomic mass is 16.5. The van der Waals surface area contributed by atoms with E-state index in [-0.39, 0.29) is 11.8 Å². The summed E-state index contributed by atoms with van der Waals surface area (Å²) in [5.74, 6) is 0.854. The maximum atomic E-state index is 13.0. The second-order valence-electron chi connectivity index (χ2n) is 7.00. The number of nitrogens with one attached hydrogen (secondary N) is 2. The zero-order valence-corrected chi connectivity index (χ0v) is 16.1. The lowest BCUT2D eigenvalue weighted by Crippen LogP contribution is -2.28. The van der Waals surface area contributed by atoms with Crippen LogP contribution in [0.5, 0.6) is 0 Å². The van der Waals surface area contributed by atoms with Gasteiger partial charge in [-0.2, -0.15) is 0 Å². The first-order chi connectivity index (χ1) is 14.1. The molecule has 29 heavy (non-hydrogen) atoms. The van der Waals surface area contributed by atoms with E-state index in [0.29, 0.717) is 18.0 Å². The molecular weight excluding hydrogens is 368 g/mol. The number of aryl methyl sites for hydroxylation is 1. The van der Waals surface area contributed by atoms with Gasteiger partial charge in [0.15, 0.2) is 5.82 Å². The lowest BCUT2D eigenvalue weighted by atomic mass is 10.1. The summed E-state index contributed by atoms with van der Waals surface area (Å²) >= 11 is 0. The minimum absolute atomic E-state index is 0.126. The maximum absolute atomic E-state index is 13.0. The predicted molar refractivity (Wildman–Crippen MR) is 111 cm³/mol. The average Bonchev–Trinajstić information content (AvgIpc) is 3.34. The number of rotatable bonds is 6. The molecule has 1 atom stereocenters. The molecule has 2 aromatic carbocycles. The zero-order chi connectivity index (χ0) is 20.2. The summed E-state index contributed by atoms with van der Waals surface area (Å²) in [5, 5.41) is 9.91. The standard InChI is InChI=1S/C22H22N4O3/c1-15-13-19(25-29-15)24-22(28)21(16-7-3-2-4-8-16)23-17-9-5-10-18(14-17)26-12-6-11-20(26)27/h2-5,7-10,13-14,21,23H,6,11-12H2,1H3,(H,24,25,28). The van der Waals surface area contributed by atoms with Crippen LogP contribution in [0.4, 0.5) is 17.2 Å². The zero-order valence-electron chi connectivity index (χ0n) is 16.1. The van der Waals surface area contributed by atoms with E-state index in [2.05, 4.69) is 15.8 Å². The number of benzene rings is 2. The molecule has 0 saturated carbocycles. The number of anilines is 3. The van der Waals surface area contributed by atoms with Crippen LogP contribution in [0.25, 0.3) is 0 Å². The van der Waals surface area contributed by atoms with E-state index in [0.717, 1.165) is 29.9 Å². The topological polar surface area (TPSA) is 87.5 Å². The summed E-state index contributed by atoms with van der Waals surface area (Å²) in [6.07, 6.45) is 1.44. The highest BCUT2D eigenvalue weighted by molar-refractivity contribution is 5.97. The number of carbonyl (C=O) groups excluding carboxylic acids is 2. The van der Waals surface area contributed by atoms with Crippen LogP contribution >= 0.6 is 0 Å². The smallest absolute Gasteiger partial charge is 0.252 e. The molecule has 7 heteroatoms. The molecule has 148 valence electrons. The highest BCUT2D eigenvalue weighted by Gasteiger charge is 2.24. The van der Waals surface area contributed by atoms with Crippen molar-refractivity contribution >= 4 is 29.0 Å². The molecule has 1 fully saturated rings. The van der Waals surface area contributed by atoms with Crippen LogP contribution in [0.15, 0.2) is 65.2 Å². The number of hydrogen-bond donors (Lipinski definition) is 2. The number of carbonyl (C=O) groups is 2. The van der Waals surface area contributed by atoms with Crippen LogP contribution in [0.1, 0.15) is 30.2 Å². The Morgan fingerprint density at radius 1 is 1.14 bits per heavy atom. The van der Waals surface area contributed by atoms with Crippen LogP contribution in [-0.4, -0.2) is 23.5 Å². The van der Waals surface area contributed by atoms with E-state index >= 15 is 0 Å². The Morgan fingerprint density at radius 2 is 1.97 bits per heavy atom. The Hall–Kier alpha value is -3.61. The van der Waals surface area contributed by atoms with E-state index in [4.69, 9.17) is 4.52 Å². The number of amides is 2. The summed E-state index contributed by atoms with van der Waals surface area (Å²) in [6.45, 7) is 2.48. The van der Waals surface area contributed by atoms with Gasteiger partial charge in [-0.25, -0.2) is 0 Å². The minimum atomic E-state index is -0.641. The van der Waals surface area contributed by atoms with Gasteiger partial charge in [-0.1, -0.05) is 41.6 Å². The average molecular weight is 390 g/mol. The molecule has 1 unspecified atom stereocenters. The van der Waals surface area contributed by atoms with Crippen molar-refractivity contribution in [2.24, 2.45) is 0 Å². The third-order valence-electron chi connectivity index (χ3n) is 4.82. The molecule has 1 aliphatic heterocycles. The molecule has 4 rings (SSSR count). The summed E-state index contributed by atoms with van der Waals surface area (Å²) in [6, 6.07) is 18.0. The maximum Gasteiger partial charge on any atom is 0.252 e. The molecule has 0 aliphatic carbocycles. The summed E-state index contributed by atoms with van der Waals surface area (Å²) in [7, 11) is 0. The summed E-state index contributed by atoms with van der Waals surface area (Å²) in [5.41, 5.74) is 2.40. The highest BCUT2D eigenvalue weighted by Crippen LogP contribution is 2.27. The second-order valence-corrected chi connectivity index (χ2v) is 7.00. The molecule has 0 radical (unpaired) electrons. The van der Waals surface area contributed by atoms with Crippen molar-refractivity contribution in [2.75, 3.05) is 22.1 Å². The van der Waals surface area contributed by atoms with Gasteiger partial charge < -0.3 is 20.1 Å². The second kappa shape index (κ2) is 8.18. The molecule has 1 aliphatic rings. The van der Waals surface area contributed by atoms with Gasteiger partial charge in [0.2, 0.25) is 5.91 Å².